The Kier molecular flexibility index (Phi) is 6.20. The molecule has 0 saturated carbocycles. The smallest absolute Gasteiger partial charge is 0.267 e. The van der Waals surface area contributed by atoms with E-state index in [2.05, 4.69) is 15.6 Å². The average molecular weight is 484 g/mol. The predicted molar refractivity (Wildman–Crippen MR) is 133 cm³/mol. The van der Waals surface area contributed by atoms with Crippen LogP contribution in [-0.2, 0) is 0 Å². The van der Waals surface area contributed by atoms with Gasteiger partial charge in [-0.2, -0.15) is 0 Å². The molecule has 4 aromatic rings. The van der Waals surface area contributed by atoms with E-state index in [0.717, 1.165) is 22.2 Å². The quantitative estimate of drug-likeness (QED) is 0.327. The van der Waals surface area contributed by atoms with E-state index in [1.165, 1.54) is 11.3 Å². The highest BCUT2D eigenvalue weighted by molar-refractivity contribution is 7.21. The number of fused-ring (bicyclic) bond motifs is 1. The third kappa shape index (κ3) is 4.35. The van der Waals surface area contributed by atoms with E-state index in [0.29, 0.717) is 36.7 Å². The van der Waals surface area contributed by atoms with Crippen LogP contribution in [0, 0.1) is 20.8 Å². The third-order valence-electron chi connectivity index (χ3n) is 5.00. The summed E-state index contributed by atoms with van der Waals surface area (Å²) in [7, 11) is 0. The lowest BCUT2D eigenvalue weighted by Gasteiger charge is -2.11. The molecule has 2 aromatic carbocycles. The molecule has 0 radical (unpaired) electrons. The van der Waals surface area contributed by atoms with Crippen molar-refractivity contribution in [2.24, 2.45) is 0 Å². The molecule has 0 unspecified atom stereocenters. The maximum Gasteiger partial charge on any atom is 0.267 e. The number of nitrogens with one attached hydrogen (secondary N) is 2. The van der Waals surface area contributed by atoms with Crippen LogP contribution >= 0.6 is 34.5 Å². The Morgan fingerprint density at radius 2 is 1.66 bits per heavy atom. The summed E-state index contributed by atoms with van der Waals surface area (Å²) in [5.74, 6) is -0.756. The zero-order valence-electron chi connectivity index (χ0n) is 17.5. The number of aryl methyl sites for hydroxylation is 3. The van der Waals surface area contributed by atoms with E-state index in [-0.39, 0.29) is 5.91 Å². The van der Waals surface area contributed by atoms with Crippen molar-refractivity contribution in [3.63, 3.8) is 0 Å². The molecule has 2 aromatic heterocycles. The van der Waals surface area contributed by atoms with E-state index in [1.54, 1.807) is 36.4 Å². The van der Waals surface area contributed by atoms with Crippen molar-refractivity contribution in [1.82, 2.24) is 4.98 Å². The van der Waals surface area contributed by atoms with Gasteiger partial charge in [-0.25, -0.2) is 4.98 Å². The fourth-order valence-corrected chi connectivity index (χ4v) is 5.00. The third-order valence-corrected chi connectivity index (χ3v) is 6.65. The van der Waals surface area contributed by atoms with Crippen molar-refractivity contribution < 1.29 is 9.59 Å². The summed E-state index contributed by atoms with van der Waals surface area (Å²) in [5.41, 5.74) is 3.95. The minimum atomic E-state index is -0.400. The molecule has 32 heavy (non-hydrogen) atoms. The lowest BCUT2D eigenvalue weighted by atomic mass is 10.1. The molecule has 0 aliphatic heterocycles. The van der Waals surface area contributed by atoms with Gasteiger partial charge in [0.05, 0.1) is 16.3 Å². The molecule has 0 saturated heterocycles. The number of anilines is 2. The van der Waals surface area contributed by atoms with E-state index >= 15 is 0 Å². The maximum absolute atomic E-state index is 13.3. The first-order valence-electron chi connectivity index (χ1n) is 9.78. The Hall–Kier alpha value is -2.93. The van der Waals surface area contributed by atoms with E-state index < -0.39 is 5.91 Å². The van der Waals surface area contributed by atoms with Crippen LogP contribution in [0.5, 0.6) is 0 Å². The van der Waals surface area contributed by atoms with Crippen LogP contribution < -0.4 is 10.6 Å². The number of carbonyl (C=O) groups excluding carboxylic acids is 2. The van der Waals surface area contributed by atoms with Gasteiger partial charge >= 0.3 is 0 Å². The van der Waals surface area contributed by atoms with Gasteiger partial charge < -0.3 is 10.6 Å². The lowest BCUT2D eigenvalue weighted by Crippen LogP contribution is -2.17. The second-order valence-electron chi connectivity index (χ2n) is 7.41. The lowest BCUT2D eigenvalue weighted by molar-refractivity contribution is 0.102. The van der Waals surface area contributed by atoms with Crippen molar-refractivity contribution >= 4 is 67.9 Å². The number of pyridine rings is 1. The Morgan fingerprint density at radius 3 is 2.41 bits per heavy atom. The first-order valence-corrected chi connectivity index (χ1v) is 11.4. The summed E-state index contributed by atoms with van der Waals surface area (Å²) in [5, 5.41) is 7.39. The van der Waals surface area contributed by atoms with Crippen LogP contribution in [0.25, 0.3) is 10.2 Å². The van der Waals surface area contributed by atoms with Crippen molar-refractivity contribution in [3.05, 3.63) is 85.8 Å². The van der Waals surface area contributed by atoms with Gasteiger partial charge in [-0.15, -0.1) is 11.3 Å². The van der Waals surface area contributed by atoms with Crippen molar-refractivity contribution in [2.75, 3.05) is 10.6 Å². The molecule has 0 bridgehead atoms. The minimum absolute atomic E-state index is 0.322. The maximum atomic E-state index is 13.3. The normalized spacial score (nSPS) is 10.9. The van der Waals surface area contributed by atoms with Crippen molar-refractivity contribution in [2.45, 2.75) is 20.8 Å². The monoisotopic (exact) mass is 483 g/mol. The number of hydrogen-bond donors (Lipinski definition) is 2. The molecule has 2 heterocycles. The molecule has 0 atom stereocenters. The second kappa shape index (κ2) is 8.90. The summed E-state index contributed by atoms with van der Waals surface area (Å²) in [6.07, 6.45) is 0. The molecule has 0 fully saturated rings. The minimum Gasteiger partial charge on any atom is -0.321 e. The van der Waals surface area contributed by atoms with Crippen LogP contribution in [0.15, 0.2) is 48.5 Å². The number of carbonyl (C=O) groups is 2. The first-order chi connectivity index (χ1) is 15.2. The van der Waals surface area contributed by atoms with E-state index in [1.807, 2.05) is 32.9 Å². The van der Waals surface area contributed by atoms with Crippen LogP contribution in [0.4, 0.5) is 11.4 Å². The second-order valence-corrected chi connectivity index (χ2v) is 9.26. The van der Waals surface area contributed by atoms with Gasteiger partial charge in [0.15, 0.2) is 0 Å². The van der Waals surface area contributed by atoms with Gasteiger partial charge in [0.2, 0.25) is 0 Å². The van der Waals surface area contributed by atoms with E-state index in [9.17, 15) is 9.59 Å². The number of aromatic nitrogens is 1. The number of rotatable bonds is 4. The molecule has 8 heteroatoms. The molecule has 0 aliphatic carbocycles. The highest BCUT2D eigenvalue weighted by Crippen LogP contribution is 2.38. The van der Waals surface area contributed by atoms with Gasteiger partial charge in [-0.1, -0.05) is 41.4 Å². The number of halogens is 2. The summed E-state index contributed by atoms with van der Waals surface area (Å²) >= 11 is 13.5. The Labute approximate surface area is 199 Å². The first kappa shape index (κ1) is 22.3. The van der Waals surface area contributed by atoms with Gasteiger partial charge in [0.1, 0.15) is 9.71 Å². The van der Waals surface area contributed by atoms with Crippen LogP contribution in [0.1, 0.15) is 36.9 Å². The average Bonchev–Trinajstić information content (AvgIpc) is 3.09. The zero-order chi connectivity index (χ0) is 23.0. The highest BCUT2D eigenvalue weighted by Gasteiger charge is 2.24. The van der Waals surface area contributed by atoms with Crippen LogP contribution in [0.3, 0.4) is 0 Å². The number of benzene rings is 2. The van der Waals surface area contributed by atoms with E-state index in [4.69, 9.17) is 23.2 Å². The standard InChI is InChI=1S/C24H19Cl2N3O2S/c1-12-8-9-15(25)11-18(12)28-23(31)21-20(19-13(2)10-14(3)27-24(19)32-21)29-22(30)16-6-4-5-7-17(16)26/h4-11H,1-3H3,(H,28,31)(H,29,30). The van der Waals surface area contributed by atoms with Crippen molar-refractivity contribution in [3.8, 4) is 0 Å². The largest absolute Gasteiger partial charge is 0.321 e. The molecular formula is C24H19Cl2N3O2S. The van der Waals surface area contributed by atoms with Crippen LogP contribution in [-0.4, -0.2) is 16.8 Å². The molecule has 162 valence electrons. The topological polar surface area (TPSA) is 71.1 Å². The number of nitrogens with zero attached hydrogens (tertiary/aromatic N) is 1. The summed E-state index contributed by atoms with van der Waals surface area (Å²) < 4.78 is 0. The van der Waals surface area contributed by atoms with Crippen molar-refractivity contribution in [1.29, 1.82) is 0 Å². The molecule has 5 nitrogen and oxygen atoms in total. The Bertz CT molecular complexity index is 1380. The van der Waals surface area contributed by atoms with Gasteiger partial charge in [0.25, 0.3) is 11.8 Å². The Morgan fingerprint density at radius 1 is 0.906 bits per heavy atom. The summed E-state index contributed by atoms with van der Waals surface area (Å²) in [4.78, 5) is 31.9. The zero-order valence-corrected chi connectivity index (χ0v) is 19.9. The predicted octanol–water partition coefficient (Wildman–Crippen LogP) is 7.03. The molecule has 4 rings (SSSR count). The Balaban J connectivity index is 1.80. The summed E-state index contributed by atoms with van der Waals surface area (Å²) in [6, 6.07) is 14.0. The molecule has 2 N–H and O–H groups in total. The molecule has 0 spiro atoms. The molecular weight excluding hydrogens is 465 g/mol. The van der Waals surface area contributed by atoms with Gasteiger partial charge in [-0.05, 0) is 62.2 Å². The molecule has 0 aliphatic rings. The number of amides is 2. The number of thiophene rings is 1. The molecule has 2 amide bonds. The SMILES string of the molecule is Cc1cc(C)c2c(NC(=O)c3ccccc3Cl)c(C(=O)Nc3cc(Cl)ccc3C)sc2n1. The fraction of sp³-hybridized carbons (Fsp3) is 0.125. The fourth-order valence-electron chi connectivity index (χ4n) is 3.46. The highest BCUT2D eigenvalue weighted by atomic mass is 35.5. The van der Waals surface area contributed by atoms with Gasteiger partial charge in [-0.3, -0.25) is 9.59 Å². The summed E-state index contributed by atoms with van der Waals surface area (Å²) in [6.45, 7) is 5.70. The van der Waals surface area contributed by atoms with Gasteiger partial charge in [0, 0.05) is 21.8 Å². The number of hydrogen-bond acceptors (Lipinski definition) is 4. The van der Waals surface area contributed by atoms with Crippen LogP contribution in [0.2, 0.25) is 10.0 Å².